The average Bonchev–Trinajstić information content (AvgIpc) is 2.80. The number of nitrogens with zero attached hydrogens (tertiary/aromatic N) is 2. The molecule has 0 radical (unpaired) electrons. The molecule has 0 saturated heterocycles. The van der Waals surface area contributed by atoms with Gasteiger partial charge >= 0.3 is 6.03 Å². The number of aromatic nitrogens is 2. The maximum atomic E-state index is 12.1. The van der Waals surface area contributed by atoms with E-state index in [0.29, 0.717) is 45.4 Å². The molecule has 0 aliphatic heterocycles. The molecule has 8 nitrogen and oxygen atoms in total. The van der Waals surface area contributed by atoms with Crippen LogP contribution < -0.4 is 24.8 Å². The second kappa shape index (κ2) is 9.00. The molecule has 0 aliphatic carbocycles. The Hall–Kier alpha value is -4.33. The molecule has 0 fully saturated rings. The highest BCUT2D eigenvalue weighted by molar-refractivity contribution is 5.99. The third-order valence-electron chi connectivity index (χ3n) is 4.46. The van der Waals surface area contributed by atoms with E-state index in [2.05, 4.69) is 20.6 Å². The molecule has 4 rings (SSSR count). The van der Waals surface area contributed by atoms with Crippen molar-refractivity contribution in [3.05, 3.63) is 73.1 Å². The maximum absolute atomic E-state index is 12.1. The molecule has 4 aromatic rings. The van der Waals surface area contributed by atoms with Crippen LogP contribution >= 0.6 is 0 Å². The predicted octanol–water partition coefficient (Wildman–Crippen LogP) is 5.08. The Bertz CT molecular complexity index is 1200. The highest BCUT2D eigenvalue weighted by Gasteiger charge is 2.12. The van der Waals surface area contributed by atoms with Gasteiger partial charge in [-0.3, -0.25) is 0 Å². The summed E-state index contributed by atoms with van der Waals surface area (Å²) < 4.78 is 16.6. The summed E-state index contributed by atoms with van der Waals surface area (Å²) in [5.41, 5.74) is 2.00. The van der Waals surface area contributed by atoms with Crippen LogP contribution in [0.15, 0.2) is 73.1 Å². The van der Waals surface area contributed by atoms with Crippen LogP contribution in [-0.2, 0) is 0 Å². The first-order valence-electron chi connectivity index (χ1n) is 9.44. The van der Waals surface area contributed by atoms with Crippen molar-refractivity contribution >= 4 is 28.3 Å². The van der Waals surface area contributed by atoms with Crippen molar-refractivity contribution in [2.45, 2.75) is 0 Å². The predicted molar refractivity (Wildman–Crippen MR) is 118 cm³/mol. The van der Waals surface area contributed by atoms with E-state index in [1.165, 1.54) is 6.33 Å². The van der Waals surface area contributed by atoms with Crippen LogP contribution in [0.3, 0.4) is 0 Å². The molecule has 2 amide bonds. The van der Waals surface area contributed by atoms with Crippen molar-refractivity contribution in [1.82, 2.24) is 9.97 Å². The van der Waals surface area contributed by atoms with Gasteiger partial charge in [0, 0.05) is 17.4 Å². The normalized spacial score (nSPS) is 10.4. The van der Waals surface area contributed by atoms with Gasteiger partial charge in [0.1, 0.15) is 12.1 Å². The standard InChI is InChI=1S/C23H20N4O4/c1-29-20-12-18-19(13-21(20)30-2)24-14-25-22(18)31-17-10-8-16(9-11-17)27-23(28)26-15-6-4-3-5-7-15/h3-14H,1-2H3,(H2,26,27,28). The molecule has 0 spiro atoms. The summed E-state index contributed by atoms with van der Waals surface area (Å²) in [5, 5.41) is 6.23. The van der Waals surface area contributed by atoms with Crippen LogP contribution in [0.4, 0.5) is 16.2 Å². The Labute approximate surface area is 178 Å². The number of carbonyl (C=O) groups is 1. The van der Waals surface area contributed by atoms with Gasteiger partial charge in [-0.05, 0) is 42.5 Å². The summed E-state index contributed by atoms with van der Waals surface area (Å²) in [7, 11) is 3.13. The van der Waals surface area contributed by atoms with Crippen LogP contribution in [0.1, 0.15) is 0 Å². The summed E-state index contributed by atoms with van der Waals surface area (Å²) in [4.78, 5) is 20.6. The van der Waals surface area contributed by atoms with Gasteiger partial charge < -0.3 is 24.8 Å². The van der Waals surface area contributed by atoms with Crippen molar-refractivity contribution in [2.24, 2.45) is 0 Å². The number of ether oxygens (including phenoxy) is 3. The van der Waals surface area contributed by atoms with E-state index in [0.717, 1.165) is 0 Å². The van der Waals surface area contributed by atoms with E-state index in [4.69, 9.17) is 14.2 Å². The molecule has 0 aliphatic rings. The Kier molecular flexibility index (Phi) is 5.79. The lowest BCUT2D eigenvalue weighted by atomic mass is 10.2. The summed E-state index contributed by atoms with van der Waals surface area (Å²) in [5.74, 6) is 2.07. The fourth-order valence-corrected chi connectivity index (χ4v) is 2.97. The van der Waals surface area contributed by atoms with Crippen molar-refractivity contribution in [1.29, 1.82) is 0 Å². The molecule has 3 aromatic carbocycles. The summed E-state index contributed by atoms with van der Waals surface area (Å²) >= 11 is 0. The second-order valence-corrected chi connectivity index (χ2v) is 6.47. The smallest absolute Gasteiger partial charge is 0.323 e. The SMILES string of the molecule is COc1cc2ncnc(Oc3ccc(NC(=O)Nc4ccccc4)cc3)c2cc1OC. The molecule has 0 saturated carbocycles. The number of benzene rings is 3. The number of para-hydroxylation sites is 1. The van der Waals surface area contributed by atoms with Crippen LogP contribution in [-0.4, -0.2) is 30.2 Å². The lowest BCUT2D eigenvalue weighted by molar-refractivity contribution is 0.262. The molecule has 8 heteroatoms. The van der Waals surface area contributed by atoms with Crippen LogP contribution in [0, 0.1) is 0 Å². The van der Waals surface area contributed by atoms with Gasteiger partial charge in [0.2, 0.25) is 5.88 Å². The third kappa shape index (κ3) is 4.64. The Morgan fingerprint density at radius 3 is 2.13 bits per heavy atom. The van der Waals surface area contributed by atoms with E-state index in [-0.39, 0.29) is 6.03 Å². The van der Waals surface area contributed by atoms with Crippen molar-refractivity contribution in [3.8, 4) is 23.1 Å². The number of amides is 2. The zero-order chi connectivity index (χ0) is 21.6. The molecule has 2 N–H and O–H groups in total. The van der Waals surface area contributed by atoms with Crippen LogP contribution in [0.2, 0.25) is 0 Å². The number of urea groups is 1. The Morgan fingerprint density at radius 1 is 0.806 bits per heavy atom. The fraction of sp³-hybridized carbons (Fsp3) is 0.0870. The number of hydrogen-bond acceptors (Lipinski definition) is 6. The average molecular weight is 416 g/mol. The van der Waals surface area contributed by atoms with Gasteiger partial charge in [-0.1, -0.05) is 18.2 Å². The quantitative estimate of drug-likeness (QED) is 0.455. The Morgan fingerprint density at radius 2 is 1.45 bits per heavy atom. The number of methoxy groups -OCH3 is 2. The van der Waals surface area contributed by atoms with Crippen LogP contribution in [0.25, 0.3) is 10.9 Å². The number of hydrogen-bond donors (Lipinski definition) is 2. The maximum Gasteiger partial charge on any atom is 0.323 e. The minimum absolute atomic E-state index is 0.331. The summed E-state index contributed by atoms with van der Waals surface area (Å²) in [6.07, 6.45) is 1.42. The number of fused-ring (bicyclic) bond motifs is 1. The molecule has 31 heavy (non-hydrogen) atoms. The lowest BCUT2D eigenvalue weighted by Crippen LogP contribution is -2.19. The van der Waals surface area contributed by atoms with E-state index in [1.807, 2.05) is 30.3 Å². The highest BCUT2D eigenvalue weighted by atomic mass is 16.5. The topological polar surface area (TPSA) is 94.6 Å². The Balaban J connectivity index is 1.49. The van der Waals surface area contributed by atoms with Crippen molar-refractivity contribution < 1.29 is 19.0 Å². The number of nitrogens with one attached hydrogen (secondary N) is 2. The van der Waals surface area contributed by atoms with Gasteiger partial charge in [-0.2, -0.15) is 0 Å². The first kappa shape index (κ1) is 20.0. The van der Waals surface area contributed by atoms with E-state index in [9.17, 15) is 4.79 Å². The molecular formula is C23H20N4O4. The molecule has 1 aromatic heterocycles. The first-order chi connectivity index (χ1) is 15.2. The molecule has 1 heterocycles. The molecular weight excluding hydrogens is 396 g/mol. The zero-order valence-electron chi connectivity index (χ0n) is 17.0. The van der Waals surface area contributed by atoms with Gasteiger partial charge in [-0.15, -0.1) is 0 Å². The highest BCUT2D eigenvalue weighted by Crippen LogP contribution is 2.35. The fourth-order valence-electron chi connectivity index (χ4n) is 2.97. The third-order valence-corrected chi connectivity index (χ3v) is 4.46. The minimum atomic E-state index is -0.331. The van der Waals surface area contributed by atoms with Gasteiger partial charge in [0.15, 0.2) is 11.5 Å². The monoisotopic (exact) mass is 416 g/mol. The van der Waals surface area contributed by atoms with Gasteiger partial charge in [0.05, 0.1) is 25.1 Å². The number of anilines is 2. The molecule has 0 unspecified atom stereocenters. The van der Waals surface area contributed by atoms with Gasteiger partial charge in [0.25, 0.3) is 0 Å². The number of carbonyl (C=O) groups excluding carboxylic acids is 1. The minimum Gasteiger partial charge on any atom is -0.493 e. The van der Waals surface area contributed by atoms with E-state index in [1.54, 1.807) is 50.6 Å². The summed E-state index contributed by atoms with van der Waals surface area (Å²) in [6, 6.07) is 19.4. The molecule has 0 atom stereocenters. The zero-order valence-corrected chi connectivity index (χ0v) is 17.0. The van der Waals surface area contributed by atoms with Gasteiger partial charge in [-0.25, -0.2) is 14.8 Å². The molecule has 156 valence electrons. The van der Waals surface area contributed by atoms with Crippen molar-refractivity contribution in [2.75, 3.05) is 24.9 Å². The largest absolute Gasteiger partial charge is 0.493 e. The second-order valence-electron chi connectivity index (χ2n) is 6.47. The molecule has 0 bridgehead atoms. The van der Waals surface area contributed by atoms with E-state index >= 15 is 0 Å². The summed E-state index contributed by atoms with van der Waals surface area (Å²) in [6.45, 7) is 0. The van der Waals surface area contributed by atoms with E-state index < -0.39 is 0 Å². The van der Waals surface area contributed by atoms with Crippen molar-refractivity contribution in [3.63, 3.8) is 0 Å². The first-order valence-corrected chi connectivity index (χ1v) is 9.44. The van der Waals surface area contributed by atoms with Crippen LogP contribution in [0.5, 0.6) is 23.1 Å². The lowest BCUT2D eigenvalue weighted by Gasteiger charge is -2.12. The number of rotatable bonds is 6.